The molecule has 0 fully saturated rings. The van der Waals surface area contributed by atoms with Crippen molar-refractivity contribution in [3.05, 3.63) is 22.3 Å². The normalized spacial score (nSPS) is 20.8. The molecule has 0 radical (unpaired) electrons. The van der Waals surface area contributed by atoms with Crippen molar-refractivity contribution in [1.82, 2.24) is 9.88 Å². The molecular weight excluding hydrogens is 270 g/mol. The fourth-order valence-corrected chi connectivity index (χ4v) is 2.16. The van der Waals surface area contributed by atoms with Crippen molar-refractivity contribution >= 4 is 27.7 Å². The van der Waals surface area contributed by atoms with Crippen molar-refractivity contribution in [2.45, 2.75) is 19.4 Å². The zero-order valence-corrected chi connectivity index (χ0v) is 10.9. The lowest BCUT2D eigenvalue weighted by Gasteiger charge is -2.29. The predicted molar refractivity (Wildman–Crippen MR) is 66.2 cm³/mol. The van der Waals surface area contributed by atoms with Crippen LogP contribution in [-0.4, -0.2) is 29.4 Å². The van der Waals surface area contributed by atoms with Gasteiger partial charge in [-0.05, 0) is 28.9 Å². The maximum Gasteiger partial charge on any atom is 0.224 e. The van der Waals surface area contributed by atoms with Gasteiger partial charge in [0.1, 0.15) is 5.82 Å². The summed E-state index contributed by atoms with van der Waals surface area (Å²) in [6.45, 7) is 2.65. The van der Waals surface area contributed by atoms with Gasteiger partial charge in [-0.2, -0.15) is 0 Å². The summed E-state index contributed by atoms with van der Waals surface area (Å²) < 4.78 is 0.932. The largest absolute Gasteiger partial charge is 0.369 e. The van der Waals surface area contributed by atoms with Crippen LogP contribution in [0.5, 0.6) is 0 Å². The number of carbonyl (C=O) groups excluding carboxylic acids is 1. The van der Waals surface area contributed by atoms with E-state index in [1.165, 1.54) is 0 Å². The number of nitrogens with one attached hydrogen (secondary N) is 1. The maximum absolute atomic E-state index is 11.7. The molecule has 2 heterocycles. The van der Waals surface area contributed by atoms with E-state index in [1.54, 1.807) is 11.1 Å². The van der Waals surface area contributed by atoms with E-state index in [9.17, 15) is 4.79 Å². The van der Waals surface area contributed by atoms with Crippen LogP contribution in [0.3, 0.4) is 0 Å². The summed E-state index contributed by atoms with van der Waals surface area (Å²) in [6, 6.07) is 2.05. The SMILES string of the molecule is CC1c2cc(Br)cnc2NCCC(=O)N1C. The van der Waals surface area contributed by atoms with Crippen molar-refractivity contribution in [1.29, 1.82) is 0 Å². The second-order valence-electron chi connectivity index (χ2n) is 3.95. The van der Waals surface area contributed by atoms with Gasteiger partial charge in [-0.1, -0.05) is 0 Å². The van der Waals surface area contributed by atoms with Gasteiger partial charge in [0.05, 0.1) is 6.04 Å². The van der Waals surface area contributed by atoms with Gasteiger partial charge in [0.2, 0.25) is 5.91 Å². The molecule has 0 bridgehead atoms. The van der Waals surface area contributed by atoms with Crippen LogP contribution in [0.2, 0.25) is 0 Å². The number of nitrogens with zero attached hydrogens (tertiary/aromatic N) is 2. The summed E-state index contributed by atoms with van der Waals surface area (Å²) in [6.07, 6.45) is 2.28. The van der Waals surface area contributed by atoms with Gasteiger partial charge in [0, 0.05) is 36.2 Å². The standard InChI is InChI=1S/C11H14BrN3O/c1-7-9-5-8(12)6-14-11(9)13-4-3-10(16)15(7)2/h5-7H,3-4H2,1-2H3,(H,13,14). The smallest absolute Gasteiger partial charge is 0.224 e. The topological polar surface area (TPSA) is 45.2 Å². The molecule has 0 saturated carbocycles. The average molecular weight is 284 g/mol. The molecule has 1 aliphatic rings. The molecule has 0 spiro atoms. The Balaban J connectivity index is 2.44. The fourth-order valence-electron chi connectivity index (χ4n) is 1.81. The third kappa shape index (κ3) is 2.04. The molecular formula is C11H14BrN3O. The van der Waals surface area contributed by atoms with E-state index in [1.807, 2.05) is 20.0 Å². The van der Waals surface area contributed by atoms with Gasteiger partial charge in [-0.15, -0.1) is 0 Å². The number of aromatic nitrogens is 1. The summed E-state index contributed by atoms with van der Waals surface area (Å²) in [5, 5.41) is 3.19. The van der Waals surface area contributed by atoms with E-state index < -0.39 is 0 Å². The number of hydrogen-bond donors (Lipinski definition) is 1. The molecule has 0 aliphatic carbocycles. The highest BCUT2D eigenvalue weighted by atomic mass is 79.9. The Bertz CT molecular complexity index is 422. The third-order valence-corrected chi connectivity index (χ3v) is 3.37. The second-order valence-corrected chi connectivity index (χ2v) is 4.86. The van der Waals surface area contributed by atoms with Crippen LogP contribution in [0.1, 0.15) is 24.9 Å². The van der Waals surface area contributed by atoms with Crippen LogP contribution in [0, 0.1) is 0 Å². The highest BCUT2D eigenvalue weighted by molar-refractivity contribution is 9.10. The van der Waals surface area contributed by atoms with Crippen LogP contribution in [0.15, 0.2) is 16.7 Å². The summed E-state index contributed by atoms with van der Waals surface area (Å²) in [5.74, 6) is 1.03. The first-order chi connectivity index (χ1) is 7.59. The third-order valence-electron chi connectivity index (χ3n) is 2.94. The second kappa shape index (κ2) is 4.41. The first-order valence-electron chi connectivity index (χ1n) is 5.24. The lowest BCUT2D eigenvalue weighted by Crippen LogP contribution is -2.33. The van der Waals surface area contributed by atoms with Crippen LogP contribution in [-0.2, 0) is 4.79 Å². The summed E-state index contributed by atoms with van der Waals surface area (Å²) in [7, 11) is 1.84. The van der Waals surface area contributed by atoms with Crippen LogP contribution >= 0.6 is 15.9 Å². The summed E-state index contributed by atoms with van der Waals surface area (Å²) in [4.78, 5) is 17.8. The van der Waals surface area contributed by atoms with Gasteiger partial charge in [-0.3, -0.25) is 4.79 Å². The Labute approximate surface area is 103 Å². The highest BCUT2D eigenvalue weighted by Crippen LogP contribution is 2.29. The molecule has 1 amide bonds. The zero-order chi connectivity index (χ0) is 11.7. The number of amides is 1. The minimum Gasteiger partial charge on any atom is -0.369 e. The van der Waals surface area contributed by atoms with Crippen molar-refractivity contribution in [2.75, 3.05) is 18.9 Å². The number of halogens is 1. The molecule has 1 N–H and O–H groups in total. The average Bonchev–Trinajstić information content (AvgIpc) is 2.27. The molecule has 86 valence electrons. The van der Waals surface area contributed by atoms with Crippen molar-refractivity contribution in [2.24, 2.45) is 0 Å². The monoisotopic (exact) mass is 283 g/mol. The molecule has 1 atom stereocenters. The molecule has 1 aromatic rings. The van der Waals surface area contributed by atoms with E-state index >= 15 is 0 Å². The summed E-state index contributed by atoms with van der Waals surface area (Å²) >= 11 is 3.40. The quantitative estimate of drug-likeness (QED) is 0.794. The molecule has 4 nitrogen and oxygen atoms in total. The van der Waals surface area contributed by atoms with Crippen molar-refractivity contribution < 1.29 is 4.79 Å². The maximum atomic E-state index is 11.7. The first-order valence-corrected chi connectivity index (χ1v) is 6.04. The molecule has 2 rings (SSSR count). The van der Waals surface area contributed by atoms with Gasteiger partial charge in [-0.25, -0.2) is 4.98 Å². The van der Waals surface area contributed by atoms with E-state index in [0.717, 1.165) is 15.9 Å². The zero-order valence-electron chi connectivity index (χ0n) is 9.33. The number of hydrogen-bond acceptors (Lipinski definition) is 3. The van der Waals surface area contributed by atoms with Gasteiger partial charge < -0.3 is 10.2 Å². The number of pyridine rings is 1. The van der Waals surface area contributed by atoms with E-state index in [-0.39, 0.29) is 11.9 Å². The minimum atomic E-state index is 0.0419. The van der Waals surface area contributed by atoms with E-state index in [2.05, 4.69) is 26.2 Å². The molecule has 1 aliphatic heterocycles. The Hall–Kier alpha value is -1.10. The molecule has 0 saturated heterocycles. The fraction of sp³-hybridized carbons (Fsp3) is 0.455. The van der Waals surface area contributed by atoms with E-state index in [0.29, 0.717) is 13.0 Å². The number of anilines is 1. The molecule has 16 heavy (non-hydrogen) atoms. The van der Waals surface area contributed by atoms with Gasteiger partial charge in [0.15, 0.2) is 0 Å². The Morgan fingerprint density at radius 2 is 2.38 bits per heavy atom. The number of fused-ring (bicyclic) bond motifs is 1. The molecule has 1 unspecified atom stereocenters. The minimum absolute atomic E-state index is 0.0419. The summed E-state index contributed by atoms with van der Waals surface area (Å²) in [5.41, 5.74) is 1.05. The first kappa shape index (κ1) is 11.4. The van der Waals surface area contributed by atoms with E-state index in [4.69, 9.17) is 0 Å². The Morgan fingerprint density at radius 3 is 3.12 bits per heavy atom. The number of rotatable bonds is 0. The predicted octanol–water partition coefficient (Wildman–Crippen LogP) is 2.18. The molecule has 5 heteroatoms. The highest BCUT2D eigenvalue weighted by Gasteiger charge is 2.23. The number of carbonyl (C=O) groups is 1. The Kier molecular flexibility index (Phi) is 3.14. The lowest BCUT2D eigenvalue weighted by atomic mass is 10.1. The lowest BCUT2D eigenvalue weighted by molar-refractivity contribution is -0.131. The Morgan fingerprint density at radius 1 is 1.62 bits per heavy atom. The molecule has 0 aromatic carbocycles. The molecule has 1 aromatic heterocycles. The van der Waals surface area contributed by atoms with Crippen molar-refractivity contribution in [3.8, 4) is 0 Å². The van der Waals surface area contributed by atoms with Gasteiger partial charge >= 0.3 is 0 Å². The van der Waals surface area contributed by atoms with Crippen LogP contribution < -0.4 is 5.32 Å². The van der Waals surface area contributed by atoms with Crippen LogP contribution in [0.25, 0.3) is 0 Å². The van der Waals surface area contributed by atoms with Crippen molar-refractivity contribution in [3.63, 3.8) is 0 Å². The van der Waals surface area contributed by atoms with Crippen LogP contribution in [0.4, 0.5) is 5.82 Å². The van der Waals surface area contributed by atoms with Gasteiger partial charge in [0.25, 0.3) is 0 Å².